The first kappa shape index (κ1) is 16.1. The molecule has 19 heavy (non-hydrogen) atoms. The van der Waals surface area contributed by atoms with E-state index in [1.807, 2.05) is 13.8 Å². The lowest BCUT2D eigenvalue weighted by Gasteiger charge is -2.23. The maximum absolute atomic E-state index is 12.4. The number of sulfonamides is 1. The summed E-state index contributed by atoms with van der Waals surface area (Å²) < 4.78 is 27.6. The average molecular weight is 289 g/mol. The minimum Gasteiger partial charge on any atom is -0.390 e. The van der Waals surface area contributed by atoms with E-state index in [9.17, 15) is 13.5 Å². The summed E-state index contributed by atoms with van der Waals surface area (Å²) in [6.07, 6.45) is 1.86. The highest BCUT2D eigenvalue weighted by atomic mass is 32.2. The first-order valence-electron chi connectivity index (χ1n) is 6.28. The monoisotopic (exact) mass is 289 g/mol. The topological polar surface area (TPSA) is 75.4 Å². The van der Waals surface area contributed by atoms with Crippen LogP contribution in [0, 0.1) is 0 Å². The van der Waals surface area contributed by atoms with Gasteiger partial charge in [0.15, 0.2) is 5.03 Å². The van der Waals surface area contributed by atoms with E-state index in [0.29, 0.717) is 6.42 Å². The van der Waals surface area contributed by atoms with Gasteiger partial charge in [0.05, 0.1) is 11.8 Å². The standard InChI is InChI=1S/C12H23N3O3S/c1-10(2)15-11(6-8-13-15)19(17,18)14(5)9-7-12(3,4)16/h6,8,10,16H,7,9H2,1-5H3. The molecule has 0 saturated heterocycles. The van der Waals surface area contributed by atoms with Crippen LogP contribution in [0.4, 0.5) is 0 Å². The molecule has 1 heterocycles. The maximum atomic E-state index is 12.4. The van der Waals surface area contributed by atoms with Crippen LogP contribution in [0.2, 0.25) is 0 Å². The SMILES string of the molecule is CC(C)n1nccc1S(=O)(=O)N(C)CCC(C)(C)O. The molecule has 6 nitrogen and oxygen atoms in total. The van der Waals surface area contributed by atoms with Crippen LogP contribution < -0.4 is 0 Å². The lowest BCUT2D eigenvalue weighted by atomic mass is 10.1. The van der Waals surface area contributed by atoms with Crippen molar-refractivity contribution in [3.05, 3.63) is 12.3 Å². The summed E-state index contributed by atoms with van der Waals surface area (Å²) in [6.45, 7) is 7.33. The van der Waals surface area contributed by atoms with Gasteiger partial charge in [-0.15, -0.1) is 0 Å². The molecule has 0 radical (unpaired) electrons. The number of rotatable bonds is 6. The number of hydrogen-bond donors (Lipinski definition) is 1. The molecule has 110 valence electrons. The number of nitrogens with zero attached hydrogens (tertiary/aromatic N) is 3. The van der Waals surface area contributed by atoms with Crippen molar-refractivity contribution >= 4 is 10.0 Å². The largest absolute Gasteiger partial charge is 0.390 e. The van der Waals surface area contributed by atoms with Crippen LogP contribution >= 0.6 is 0 Å². The van der Waals surface area contributed by atoms with Crippen LogP contribution in [-0.4, -0.2) is 46.8 Å². The lowest BCUT2D eigenvalue weighted by Crippen LogP contribution is -2.34. The van der Waals surface area contributed by atoms with Gasteiger partial charge in [-0.3, -0.25) is 4.68 Å². The number of aliphatic hydroxyl groups is 1. The van der Waals surface area contributed by atoms with E-state index in [0.717, 1.165) is 0 Å². The molecule has 0 aliphatic heterocycles. The van der Waals surface area contributed by atoms with Gasteiger partial charge >= 0.3 is 0 Å². The Morgan fingerprint density at radius 3 is 2.53 bits per heavy atom. The summed E-state index contributed by atoms with van der Waals surface area (Å²) in [6, 6.07) is 1.47. The molecular weight excluding hydrogens is 266 g/mol. The first-order chi connectivity index (χ1) is 8.55. The van der Waals surface area contributed by atoms with Crippen molar-refractivity contribution in [2.45, 2.75) is 50.8 Å². The van der Waals surface area contributed by atoms with Gasteiger partial charge in [0.1, 0.15) is 0 Å². The maximum Gasteiger partial charge on any atom is 0.259 e. The van der Waals surface area contributed by atoms with Gasteiger partial charge in [0, 0.05) is 19.6 Å². The Labute approximate surface area is 115 Å². The Morgan fingerprint density at radius 2 is 2.05 bits per heavy atom. The highest BCUT2D eigenvalue weighted by Crippen LogP contribution is 2.19. The molecule has 7 heteroatoms. The van der Waals surface area contributed by atoms with Crippen LogP contribution in [0.15, 0.2) is 17.3 Å². The molecule has 0 fully saturated rings. The second kappa shape index (κ2) is 5.60. The Balaban J connectivity index is 2.94. The van der Waals surface area contributed by atoms with E-state index in [1.54, 1.807) is 13.8 Å². The van der Waals surface area contributed by atoms with Crippen molar-refractivity contribution < 1.29 is 13.5 Å². The van der Waals surface area contributed by atoms with Crippen molar-refractivity contribution in [1.29, 1.82) is 0 Å². The summed E-state index contributed by atoms with van der Waals surface area (Å²) in [7, 11) is -2.06. The predicted octanol–water partition coefficient (Wildman–Crippen LogP) is 1.25. The van der Waals surface area contributed by atoms with Gasteiger partial charge in [0.2, 0.25) is 0 Å². The van der Waals surface area contributed by atoms with Gasteiger partial charge in [-0.25, -0.2) is 8.42 Å². The van der Waals surface area contributed by atoms with Crippen LogP contribution in [-0.2, 0) is 10.0 Å². The predicted molar refractivity (Wildman–Crippen MR) is 73.3 cm³/mol. The van der Waals surface area contributed by atoms with Crippen molar-refractivity contribution in [1.82, 2.24) is 14.1 Å². The van der Waals surface area contributed by atoms with E-state index in [4.69, 9.17) is 0 Å². The van der Waals surface area contributed by atoms with Crippen molar-refractivity contribution in [2.24, 2.45) is 0 Å². The molecule has 1 rings (SSSR count). The molecule has 0 aliphatic carbocycles. The Bertz CT molecular complexity index is 515. The number of hydrogen-bond acceptors (Lipinski definition) is 4. The highest BCUT2D eigenvalue weighted by molar-refractivity contribution is 7.89. The molecule has 0 aliphatic rings. The zero-order valence-corrected chi connectivity index (χ0v) is 13.0. The summed E-state index contributed by atoms with van der Waals surface area (Å²) >= 11 is 0. The minimum absolute atomic E-state index is 0.0255. The third kappa shape index (κ3) is 4.02. The van der Waals surface area contributed by atoms with E-state index in [1.165, 1.54) is 28.3 Å². The second-order valence-electron chi connectivity index (χ2n) is 5.60. The zero-order chi connectivity index (χ0) is 14.8. The molecule has 0 amide bonds. The molecule has 1 aromatic rings. The molecule has 0 atom stereocenters. The molecule has 0 saturated carbocycles. The van der Waals surface area contributed by atoms with E-state index >= 15 is 0 Å². The van der Waals surface area contributed by atoms with Gasteiger partial charge in [-0.05, 0) is 40.2 Å². The summed E-state index contributed by atoms with van der Waals surface area (Å²) in [4.78, 5) is 0. The van der Waals surface area contributed by atoms with Gasteiger partial charge < -0.3 is 5.11 Å². The van der Waals surface area contributed by atoms with Crippen molar-refractivity contribution in [2.75, 3.05) is 13.6 Å². The molecule has 0 aromatic carbocycles. The average Bonchev–Trinajstić information content (AvgIpc) is 2.74. The van der Waals surface area contributed by atoms with E-state index in [2.05, 4.69) is 5.10 Å². The van der Waals surface area contributed by atoms with Crippen LogP contribution in [0.1, 0.15) is 40.2 Å². The van der Waals surface area contributed by atoms with E-state index < -0.39 is 15.6 Å². The summed E-state index contributed by atoms with van der Waals surface area (Å²) in [5.41, 5.74) is -0.887. The van der Waals surface area contributed by atoms with Crippen LogP contribution in [0.3, 0.4) is 0 Å². The third-order valence-electron chi connectivity index (χ3n) is 2.84. The molecule has 1 aromatic heterocycles. The minimum atomic E-state index is -3.57. The molecular formula is C12H23N3O3S. The summed E-state index contributed by atoms with van der Waals surface area (Å²) in [5.74, 6) is 0. The van der Waals surface area contributed by atoms with Crippen molar-refractivity contribution in [3.63, 3.8) is 0 Å². The molecule has 0 bridgehead atoms. The molecule has 0 unspecified atom stereocenters. The van der Waals surface area contributed by atoms with E-state index in [-0.39, 0.29) is 17.6 Å². The quantitative estimate of drug-likeness (QED) is 0.855. The van der Waals surface area contributed by atoms with Gasteiger partial charge in [-0.1, -0.05) is 0 Å². The van der Waals surface area contributed by atoms with Gasteiger partial charge in [-0.2, -0.15) is 9.40 Å². The zero-order valence-electron chi connectivity index (χ0n) is 12.2. The second-order valence-corrected chi connectivity index (χ2v) is 7.59. The number of aromatic nitrogens is 2. The molecule has 0 spiro atoms. The van der Waals surface area contributed by atoms with Crippen LogP contribution in [0.25, 0.3) is 0 Å². The van der Waals surface area contributed by atoms with Crippen LogP contribution in [0.5, 0.6) is 0 Å². The highest BCUT2D eigenvalue weighted by Gasteiger charge is 2.27. The lowest BCUT2D eigenvalue weighted by molar-refractivity contribution is 0.0669. The fourth-order valence-electron chi connectivity index (χ4n) is 1.61. The molecule has 1 N–H and O–H groups in total. The van der Waals surface area contributed by atoms with Gasteiger partial charge in [0.25, 0.3) is 10.0 Å². The Morgan fingerprint density at radius 1 is 1.47 bits per heavy atom. The third-order valence-corrected chi connectivity index (χ3v) is 4.69. The summed E-state index contributed by atoms with van der Waals surface area (Å²) in [5, 5.41) is 13.9. The first-order valence-corrected chi connectivity index (χ1v) is 7.72. The Kier molecular flexibility index (Phi) is 4.76. The fraction of sp³-hybridized carbons (Fsp3) is 0.750. The fourth-order valence-corrected chi connectivity index (χ4v) is 2.98. The Hall–Kier alpha value is -0.920. The van der Waals surface area contributed by atoms with Crippen molar-refractivity contribution in [3.8, 4) is 0 Å². The smallest absolute Gasteiger partial charge is 0.259 e. The normalized spacial score (nSPS) is 13.5.